The monoisotopic (exact) mass is 280 g/mol. The van der Waals surface area contributed by atoms with E-state index in [0.717, 1.165) is 12.8 Å². The van der Waals surface area contributed by atoms with Crippen molar-refractivity contribution in [3.63, 3.8) is 0 Å². The van der Waals surface area contributed by atoms with Crippen molar-refractivity contribution in [1.29, 1.82) is 0 Å². The fourth-order valence-electron chi connectivity index (χ4n) is 1.78. The number of rotatable bonds is 10. The van der Waals surface area contributed by atoms with Gasteiger partial charge in [0.05, 0.1) is 19.3 Å². The number of aliphatic hydroxyl groups excluding tert-OH is 1. The van der Waals surface area contributed by atoms with Crippen molar-refractivity contribution in [2.24, 2.45) is 5.73 Å². The number of hydrogen-bond acceptors (Lipinski definition) is 4. The Bertz CT molecular complexity index is 371. The summed E-state index contributed by atoms with van der Waals surface area (Å²) in [5.74, 6) is -0.122. The minimum atomic E-state index is -0.478. The van der Waals surface area contributed by atoms with E-state index >= 15 is 0 Å². The van der Waals surface area contributed by atoms with E-state index in [1.54, 1.807) is 0 Å². The van der Waals surface area contributed by atoms with Gasteiger partial charge < -0.3 is 20.9 Å². The van der Waals surface area contributed by atoms with Crippen LogP contribution in [-0.2, 0) is 16.0 Å². The maximum atomic E-state index is 11.7. The summed E-state index contributed by atoms with van der Waals surface area (Å²) < 4.78 is 5.10. The first-order chi connectivity index (χ1) is 9.74. The molecule has 1 aromatic rings. The lowest BCUT2D eigenvalue weighted by atomic mass is 10.1. The standard InChI is InChI=1S/C15H24N2O3/c16-14(8-7-13-5-2-1-3-6-13)15(19)17-9-4-11-20-12-10-18/h1-3,5-6,14,18H,4,7-12,16H2,(H,17,19)/t14-/m0/s1. The molecule has 20 heavy (non-hydrogen) atoms. The normalized spacial score (nSPS) is 12.1. The molecule has 0 saturated heterocycles. The molecule has 0 aromatic heterocycles. The molecule has 0 spiro atoms. The van der Waals surface area contributed by atoms with Crippen molar-refractivity contribution in [3.05, 3.63) is 35.9 Å². The lowest BCUT2D eigenvalue weighted by Gasteiger charge is -2.12. The molecule has 5 nitrogen and oxygen atoms in total. The van der Waals surface area contributed by atoms with Crippen molar-refractivity contribution in [2.45, 2.75) is 25.3 Å². The summed E-state index contributed by atoms with van der Waals surface area (Å²) in [6, 6.07) is 9.51. The van der Waals surface area contributed by atoms with Gasteiger partial charge in [-0.25, -0.2) is 0 Å². The molecule has 1 amide bonds. The van der Waals surface area contributed by atoms with Gasteiger partial charge in [-0.2, -0.15) is 0 Å². The number of nitrogens with one attached hydrogen (secondary N) is 1. The highest BCUT2D eigenvalue weighted by Gasteiger charge is 2.12. The summed E-state index contributed by atoms with van der Waals surface area (Å²) in [5.41, 5.74) is 7.04. The minimum absolute atomic E-state index is 0.0245. The Labute approximate surface area is 120 Å². The van der Waals surface area contributed by atoms with Gasteiger partial charge in [0.2, 0.25) is 5.91 Å². The molecule has 0 radical (unpaired) electrons. The Hall–Kier alpha value is -1.43. The highest BCUT2D eigenvalue weighted by molar-refractivity contribution is 5.81. The van der Waals surface area contributed by atoms with Gasteiger partial charge in [0.15, 0.2) is 0 Å². The zero-order valence-electron chi connectivity index (χ0n) is 11.8. The Kier molecular flexibility index (Phi) is 8.62. The van der Waals surface area contributed by atoms with Crippen LogP contribution in [0.2, 0.25) is 0 Å². The van der Waals surface area contributed by atoms with Crippen LogP contribution in [-0.4, -0.2) is 43.4 Å². The molecule has 0 aliphatic heterocycles. The average molecular weight is 280 g/mol. The van der Waals surface area contributed by atoms with Gasteiger partial charge in [0, 0.05) is 13.2 Å². The molecule has 112 valence electrons. The first kappa shape index (κ1) is 16.6. The van der Waals surface area contributed by atoms with Crippen LogP contribution >= 0.6 is 0 Å². The lowest BCUT2D eigenvalue weighted by molar-refractivity contribution is -0.122. The Morgan fingerprint density at radius 1 is 1.30 bits per heavy atom. The van der Waals surface area contributed by atoms with Gasteiger partial charge in [0.1, 0.15) is 0 Å². The van der Waals surface area contributed by atoms with Gasteiger partial charge in [-0.1, -0.05) is 30.3 Å². The van der Waals surface area contributed by atoms with Gasteiger partial charge in [-0.05, 0) is 24.8 Å². The summed E-state index contributed by atoms with van der Waals surface area (Å²) in [5, 5.41) is 11.3. The molecular formula is C15H24N2O3. The molecule has 1 rings (SSSR count). The third kappa shape index (κ3) is 7.23. The second kappa shape index (κ2) is 10.4. The molecule has 0 bridgehead atoms. The highest BCUT2D eigenvalue weighted by Crippen LogP contribution is 2.04. The molecule has 1 atom stereocenters. The van der Waals surface area contributed by atoms with Crippen LogP contribution in [0.5, 0.6) is 0 Å². The fourth-order valence-corrected chi connectivity index (χ4v) is 1.78. The Morgan fingerprint density at radius 2 is 2.05 bits per heavy atom. The third-order valence-electron chi connectivity index (χ3n) is 2.92. The predicted molar refractivity (Wildman–Crippen MR) is 78.3 cm³/mol. The fraction of sp³-hybridized carbons (Fsp3) is 0.533. The zero-order valence-corrected chi connectivity index (χ0v) is 11.8. The van der Waals surface area contributed by atoms with E-state index in [-0.39, 0.29) is 12.5 Å². The van der Waals surface area contributed by atoms with Gasteiger partial charge in [0.25, 0.3) is 0 Å². The van der Waals surface area contributed by atoms with Crippen LogP contribution in [0.4, 0.5) is 0 Å². The second-order valence-corrected chi connectivity index (χ2v) is 4.61. The Balaban J connectivity index is 2.10. The van der Waals surface area contributed by atoms with Gasteiger partial charge in [-0.15, -0.1) is 0 Å². The van der Waals surface area contributed by atoms with Crippen molar-refractivity contribution >= 4 is 5.91 Å². The van der Waals surface area contributed by atoms with Crippen LogP contribution in [0.1, 0.15) is 18.4 Å². The van der Waals surface area contributed by atoms with Crippen LogP contribution < -0.4 is 11.1 Å². The number of hydrogen-bond donors (Lipinski definition) is 3. The summed E-state index contributed by atoms with van der Waals surface area (Å²) in [6.07, 6.45) is 2.16. The molecule has 0 heterocycles. The summed E-state index contributed by atoms with van der Waals surface area (Å²) in [6.45, 7) is 1.44. The molecule has 4 N–H and O–H groups in total. The number of nitrogens with two attached hydrogens (primary N) is 1. The van der Waals surface area contributed by atoms with Crippen molar-refractivity contribution < 1.29 is 14.6 Å². The zero-order chi connectivity index (χ0) is 14.6. The van der Waals surface area contributed by atoms with Gasteiger partial charge >= 0.3 is 0 Å². The van der Waals surface area contributed by atoms with Crippen molar-refractivity contribution in [3.8, 4) is 0 Å². The van der Waals surface area contributed by atoms with Crippen LogP contribution in [0.15, 0.2) is 30.3 Å². The summed E-state index contributed by atoms with van der Waals surface area (Å²) in [7, 11) is 0. The SMILES string of the molecule is N[C@@H](CCc1ccccc1)C(=O)NCCCOCCO. The molecule has 0 saturated carbocycles. The second-order valence-electron chi connectivity index (χ2n) is 4.61. The summed E-state index contributed by atoms with van der Waals surface area (Å²) in [4.78, 5) is 11.7. The van der Waals surface area contributed by atoms with E-state index in [1.165, 1.54) is 5.56 Å². The van der Waals surface area contributed by atoms with E-state index in [4.69, 9.17) is 15.6 Å². The van der Waals surface area contributed by atoms with E-state index in [0.29, 0.717) is 26.2 Å². The maximum Gasteiger partial charge on any atom is 0.236 e. The number of carbonyl (C=O) groups is 1. The first-order valence-electron chi connectivity index (χ1n) is 7.00. The van der Waals surface area contributed by atoms with Crippen LogP contribution in [0.25, 0.3) is 0 Å². The largest absolute Gasteiger partial charge is 0.394 e. The number of aryl methyl sites for hydroxylation is 1. The number of aliphatic hydroxyl groups is 1. The number of carbonyl (C=O) groups excluding carboxylic acids is 1. The Morgan fingerprint density at radius 3 is 2.75 bits per heavy atom. The van der Waals surface area contributed by atoms with E-state index in [9.17, 15) is 4.79 Å². The minimum Gasteiger partial charge on any atom is -0.394 e. The first-order valence-corrected chi connectivity index (χ1v) is 7.00. The van der Waals surface area contributed by atoms with E-state index in [2.05, 4.69) is 5.32 Å². The molecule has 0 unspecified atom stereocenters. The number of benzene rings is 1. The third-order valence-corrected chi connectivity index (χ3v) is 2.92. The molecule has 1 aromatic carbocycles. The summed E-state index contributed by atoms with van der Waals surface area (Å²) >= 11 is 0. The lowest BCUT2D eigenvalue weighted by Crippen LogP contribution is -2.41. The van der Waals surface area contributed by atoms with Crippen molar-refractivity contribution in [2.75, 3.05) is 26.4 Å². The number of ether oxygens (including phenoxy) is 1. The van der Waals surface area contributed by atoms with Crippen LogP contribution in [0, 0.1) is 0 Å². The van der Waals surface area contributed by atoms with E-state index in [1.807, 2.05) is 30.3 Å². The van der Waals surface area contributed by atoms with E-state index < -0.39 is 6.04 Å². The van der Waals surface area contributed by atoms with Crippen LogP contribution in [0.3, 0.4) is 0 Å². The molecule has 5 heteroatoms. The molecule has 0 fully saturated rings. The smallest absolute Gasteiger partial charge is 0.236 e. The topological polar surface area (TPSA) is 84.6 Å². The number of amides is 1. The molecular weight excluding hydrogens is 256 g/mol. The molecule has 0 aliphatic rings. The maximum absolute atomic E-state index is 11.7. The molecule has 0 aliphatic carbocycles. The quantitative estimate of drug-likeness (QED) is 0.544. The average Bonchev–Trinajstić information content (AvgIpc) is 2.49. The van der Waals surface area contributed by atoms with Crippen molar-refractivity contribution in [1.82, 2.24) is 5.32 Å². The predicted octanol–water partition coefficient (Wildman–Crippen LogP) is 0.462. The highest BCUT2D eigenvalue weighted by atomic mass is 16.5. The van der Waals surface area contributed by atoms with Gasteiger partial charge in [-0.3, -0.25) is 4.79 Å².